The maximum atomic E-state index is 14.6. The Bertz CT molecular complexity index is 1210. The van der Waals surface area contributed by atoms with E-state index in [4.69, 9.17) is 14.6 Å². The van der Waals surface area contributed by atoms with Gasteiger partial charge in [-0.1, -0.05) is 19.1 Å². The normalized spacial score (nSPS) is 15.0. The molecule has 4 rings (SSSR count). The first-order valence-electron chi connectivity index (χ1n) is 10.6. The van der Waals surface area contributed by atoms with Gasteiger partial charge in [0.05, 0.1) is 5.52 Å². The molecule has 7 nitrogen and oxygen atoms in total. The van der Waals surface area contributed by atoms with Crippen molar-refractivity contribution in [2.45, 2.75) is 25.9 Å². The maximum absolute atomic E-state index is 14.6. The Morgan fingerprint density at radius 2 is 1.74 bits per heavy atom. The molecule has 3 aromatic rings. The molecule has 1 aliphatic rings. The molecule has 0 atom stereocenters. The summed E-state index contributed by atoms with van der Waals surface area (Å²) in [4.78, 5) is 25.8. The number of carboxylic acids is 1. The summed E-state index contributed by atoms with van der Waals surface area (Å²) in [5.74, 6) is -2.74. The molecular weight excluding hydrogens is 470 g/mol. The summed E-state index contributed by atoms with van der Waals surface area (Å²) in [6.07, 6.45) is -1.93. The second kappa shape index (κ2) is 10.7. The van der Waals surface area contributed by atoms with Gasteiger partial charge in [0, 0.05) is 28.8 Å². The van der Waals surface area contributed by atoms with Crippen molar-refractivity contribution in [2.75, 3.05) is 18.4 Å². The summed E-state index contributed by atoms with van der Waals surface area (Å²) < 4.78 is 52.1. The molecule has 2 aromatic carbocycles. The zero-order valence-corrected chi connectivity index (χ0v) is 18.7. The Morgan fingerprint density at radius 3 is 2.37 bits per heavy atom. The van der Waals surface area contributed by atoms with Crippen molar-refractivity contribution in [3.05, 3.63) is 60.5 Å². The van der Waals surface area contributed by atoms with E-state index < -0.39 is 23.4 Å². The molecule has 0 aliphatic carbocycles. The van der Waals surface area contributed by atoms with Crippen LogP contribution in [0.5, 0.6) is 11.5 Å². The lowest BCUT2D eigenvalue weighted by molar-refractivity contribution is -0.192. The molecule has 0 bridgehead atoms. The summed E-state index contributed by atoms with van der Waals surface area (Å²) in [6.45, 7) is 3.57. The fourth-order valence-corrected chi connectivity index (χ4v) is 3.43. The number of carboxylic acid groups (broad SMARTS) is 1. The predicted molar refractivity (Wildman–Crippen MR) is 121 cm³/mol. The molecule has 1 amide bonds. The van der Waals surface area contributed by atoms with Crippen molar-refractivity contribution < 1.29 is 37.0 Å². The topological polar surface area (TPSA) is 101 Å². The number of piperidine rings is 1. The van der Waals surface area contributed by atoms with E-state index in [1.54, 1.807) is 18.3 Å². The highest BCUT2D eigenvalue weighted by Crippen LogP contribution is 2.33. The second-order valence-electron chi connectivity index (χ2n) is 8.14. The number of halogens is 4. The average Bonchev–Trinajstić information content (AvgIpc) is 2.81. The molecule has 1 fully saturated rings. The third kappa shape index (κ3) is 6.66. The number of rotatable bonds is 4. The Kier molecular flexibility index (Phi) is 7.90. The van der Waals surface area contributed by atoms with E-state index in [1.807, 2.05) is 31.2 Å². The number of nitrogens with one attached hydrogen (secondary N) is 2. The van der Waals surface area contributed by atoms with Gasteiger partial charge >= 0.3 is 12.1 Å². The predicted octanol–water partition coefficient (Wildman–Crippen LogP) is 5.13. The fourth-order valence-electron chi connectivity index (χ4n) is 3.43. The third-order valence-corrected chi connectivity index (χ3v) is 5.52. The van der Waals surface area contributed by atoms with Crippen LogP contribution in [-0.2, 0) is 9.59 Å². The molecule has 1 aromatic heterocycles. The summed E-state index contributed by atoms with van der Waals surface area (Å²) in [6, 6.07) is 13.7. The standard InChI is InChI=1S/C22H22FN3O2.C2HF3O2/c1-22(9-12-24-13-10-22)21(27)26-15-6-7-20(17(23)14-15)28-19-8-11-25-18-5-3-2-4-16(18)19;3-2(4,5)1(6)7/h2-8,11,14,24H,9-10,12-13H2,1H3,(H,26,27);(H,6,7). The first-order chi connectivity index (χ1) is 16.5. The van der Waals surface area contributed by atoms with Crippen LogP contribution in [0.15, 0.2) is 54.7 Å². The molecule has 0 unspecified atom stereocenters. The number of hydrogen-bond donors (Lipinski definition) is 3. The number of ether oxygens (including phenoxy) is 1. The van der Waals surface area contributed by atoms with Gasteiger partial charge < -0.3 is 20.5 Å². The van der Waals surface area contributed by atoms with E-state index in [9.17, 15) is 22.4 Å². The Labute approximate surface area is 198 Å². The number of hydrogen-bond acceptors (Lipinski definition) is 5. The monoisotopic (exact) mass is 493 g/mol. The quantitative estimate of drug-likeness (QED) is 0.436. The van der Waals surface area contributed by atoms with Crippen LogP contribution in [0.4, 0.5) is 23.2 Å². The van der Waals surface area contributed by atoms with Crippen molar-refractivity contribution in [3.8, 4) is 11.5 Å². The lowest BCUT2D eigenvalue weighted by atomic mass is 9.80. The van der Waals surface area contributed by atoms with E-state index in [-0.39, 0.29) is 11.7 Å². The number of nitrogens with zero attached hydrogens (tertiary/aromatic N) is 1. The highest BCUT2D eigenvalue weighted by molar-refractivity contribution is 5.95. The summed E-state index contributed by atoms with van der Waals surface area (Å²) in [7, 11) is 0. The smallest absolute Gasteiger partial charge is 0.475 e. The van der Waals surface area contributed by atoms with Gasteiger partial charge in [0.2, 0.25) is 5.91 Å². The number of aliphatic carboxylic acids is 1. The number of aromatic nitrogens is 1. The van der Waals surface area contributed by atoms with Crippen LogP contribution in [0, 0.1) is 11.2 Å². The maximum Gasteiger partial charge on any atom is 0.490 e. The van der Waals surface area contributed by atoms with Crippen molar-refractivity contribution in [1.29, 1.82) is 0 Å². The minimum Gasteiger partial charge on any atom is -0.475 e. The zero-order chi connectivity index (χ0) is 25.6. The van der Waals surface area contributed by atoms with E-state index in [0.29, 0.717) is 11.4 Å². The van der Waals surface area contributed by atoms with Crippen LogP contribution in [0.2, 0.25) is 0 Å². The molecule has 3 N–H and O–H groups in total. The Hall–Kier alpha value is -3.73. The van der Waals surface area contributed by atoms with E-state index in [1.165, 1.54) is 12.1 Å². The van der Waals surface area contributed by atoms with Gasteiger partial charge in [-0.05, 0) is 56.3 Å². The SMILES string of the molecule is CC1(C(=O)Nc2ccc(Oc3ccnc4ccccc34)c(F)c2)CCNCC1.O=C(O)C(F)(F)F. The fraction of sp³-hybridized carbons (Fsp3) is 0.292. The second-order valence-corrected chi connectivity index (χ2v) is 8.14. The number of carbonyl (C=O) groups is 2. The molecular formula is C24H23F4N3O4. The molecule has 0 saturated carbocycles. The van der Waals surface area contributed by atoms with Gasteiger partial charge in [0.25, 0.3) is 0 Å². The molecule has 1 saturated heterocycles. The summed E-state index contributed by atoms with van der Waals surface area (Å²) >= 11 is 0. The first kappa shape index (κ1) is 25.9. The summed E-state index contributed by atoms with van der Waals surface area (Å²) in [5.41, 5.74) is 0.765. The van der Waals surface area contributed by atoms with Crippen LogP contribution in [0.1, 0.15) is 19.8 Å². The first-order valence-corrected chi connectivity index (χ1v) is 10.6. The number of benzene rings is 2. The molecule has 11 heteroatoms. The number of pyridine rings is 1. The van der Waals surface area contributed by atoms with E-state index >= 15 is 0 Å². The van der Waals surface area contributed by atoms with Gasteiger partial charge in [-0.3, -0.25) is 9.78 Å². The highest BCUT2D eigenvalue weighted by atomic mass is 19.4. The molecule has 0 radical (unpaired) electrons. The lowest BCUT2D eigenvalue weighted by Crippen LogP contribution is -2.42. The largest absolute Gasteiger partial charge is 0.490 e. The van der Waals surface area contributed by atoms with Crippen molar-refractivity contribution in [1.82, 2.24) is 10.3 Å². The molecule has 1 aliphatic heterocycles. The van der Waals surface area contributed by atoms with Crippen LogP contribution in [0.3, 0.4) is 0 Å². The van der Waals surface area contributed by atoms with Gasteiger partial charge in [-0.15, -0.1) is 0 Å². The number of carbonyl (C=O) groups excluding carboxylic acids is 1. The van der Waals surface area contributed by atoms with E-state index in [2.05, 4.69) is 15.6 Å². The molecule has 35 heavy (non-hydrogen) atoms. The van der Waals surface area contributed by atoms with Crippen LogP contribution < -0.4 is 15.4 Å². The third-order valence-electron chi connectivity index (χ3n) is 5.52. The summed E-state index contributed by atoms with van der Waals surface area (Å²) in [5, 5.41) is 14.0. The van der Waals surface area contributed by atoms with Gasteiger partial charge in [-0.25, -0.2) is 9.18 Å². The molecule has 0 spiro atoms. The van der Waals surface area contributed by atoms with Crippen molar-refractivity contribution in [2.24, 2.45) is 5.41 Å². The van der Waals surface area contributed by atoms with Gasteiger partial charge in [0.15, 0.2) is 11.6 Å². The lowest BCUT2D eigenvalue weighted by Gasteiger charge is -2.32. The molecule has 186 valence electrons. The molecule has 2 heterocycles. The van der Waals surface area contributed by atoms with Crippen molar-refractivity contribution >= 4 is 28.5 Å². The van der Waals surface area contributed by atoms with Crippen LogP contribution in [0.25, 0.3) is 10.9 Å². The highest BCUT2D eigenvalue weighted by Gasteiger charge is 2.38. The number of para-hydroxylation sites is 1. The van der Waals surface area contributed by atoms with Gasteiger partial charge in [-0.2, -0.15) is 13.2 Å². The van der Waals surface area contributed by atoms with Gasteiger partial charge in [0.1, 0.15) is 5.75 Å². The Morgan fingerprint density at radius 1 is 1.09 bits per heavy atom. The number of fused-ring (bicyclic) bond motifs is 1. The number of anilines is 1. The minimum atomic E-state index is -5.08. The van der Waals surface area contributed by atoms with Crippen LogP contribution >= 0.6 is 0 Å². The minimum absolute atomic E-state index is 0.0813. The number of amides is 1. The van der Waals surface area contributed by atoms with Crippen molar-refractivity contribution in [3.63, 3.8) is 0 Å². The average molecular weight is 493 g/mol. The Balaban J connectivity index is 0.000000429. The van der Waals surface area contributed by atoms with Crippen LogP contribution in [-0.4, -0.2) is 41.2 Å². The number of alkyl halides is 3. The zero-order valence-electron chi connectivity index (χ0n) is 18.7. The van der Waals surface area contributed by atoms with E-state index in [0.717, 1.165) is 36.8 Å².